The zero-order valence-corrected chi connectivity index (χ0v) is 21.1. The number of fused-ring (bicyclic) bond motifs is 1. The summed E-state index contributed by atoms with van der Waals surface area (Å²) in [7, 11) is 1.48. The second-order valence-corrected chi connectivity index (χ2v) is 9.82. The maximum absolute atomic E-state index is 14.0. The summed E-state index contributed by atoms with van der Waals surface area (Å²) >= 11 is 0. The number of pyridine rings is 1. The summed E-state index contributed by atoms with van der Waals surface area (Å²) in [4.78, 5) is 31.2. The van der Waals surface area contributed by atoms with Crippen LogP contribution < -0.4 is 0 Å². The lowest BCUT2D eigenvalue weighted by Crippen LogP contribution is -2.39. The third-order valence-corrected chi connectivity index (χ3v) is 7.51. The number of carbonyl (C=O) groups is 2. The van der Waals surface area contributed by atoms with Crippen molar-refractivity contribution in [2.24, 2.45) is 17.8 Å². The van der Waals surface area contributed by atoms with Crippen molar-refractivity contribution in [3.63, 3.8) is 0 Å². The number of hydrogen-bond donors (Lipinski definition) is 3. The van der Waals surface area contributed by atoms with Gasteiger partial charge in [-0.15, -0.1) is 0 Å². The average Bonchev–Trinajstić information content (AvgIpc) is 3.11. The molecule has 0 spiro atoms. The van der Waals surface area contributed by atoms with E-state index in [1.807, 2.05) is 19.1 Å². The van der Waals surface area contributed by atoms with E-state index in [0.29, 0.717) is 36.1 Å². The molecule has 2 aliphatic rings. The first-order chi connectivity index (χ1) is 17.8. The standard InChI is InChI=1S/C29H33FN2O5/c1-3-6-19-15-20-27(29(37)32(2)28(20)36)21(16-33)26(19)25(35)11-9-18(23-7-4-5-12-31-23)13-17-8-10-24(34)22(30)14-17/h4-5,7-8,10,12-14,20-21,25,27,33-35H,3,6,9,11,15-16H2,1-2H3/b18-13-/t20-,21+,25-,27-/m1/s1. The van der Waals surface area contributed by atoms with Crippen molar-refractivity contribution < 1.29 is 29.3 Å². The van der Waals surface area contributed by atoms with Crippen molar-refractivity contribution >= 4 is 23.5 Å². The van der Waals surface area contributed by atoms with Crippen LogP contribution in [-0.2, 0) is 9.59 Å². The van der Waals surface area contributed by atoms with Gasteiger partial charge >= 0.3 is 0 Å². The molecular formula is C29H33FN2O5. The number of aromatic nitrogens is 1. The molecule has 2 amide bonds. The first kappa shape index (κ1) is 26.7. The molecule has 1 aliphatic carbocycles. The highest BCUT2D eigenvalue weighted by Crippen LogP contribution is 2.47. The number of carbonyl (C=O) groups excluding carboxylic acids is 2. The maximum Gasteiger partial charge on any atom is 0.233 e. The van der Waals surface area contributed by atoms with Crippen LogP contribution in [0.4, 0.5) is 4.39 Å². The van der Waals surface area contributed by atoms with Gasteiger partial charge in [-0.2, -0.15) is 0 Å². The van der Waals surface area contributed by atoms with Gasteiger partial charge in [0.2, 0.25) is 11.8 Å². The van der Waals surface area contributed by atoms with E-state index in [9.17, 15) is 29.3 Å². The number of aliphatic hydroxyl groups excluding tert-OH is 2. The van der Waals surface area contributed by atoms with Gasteiger partial charge in [0, 0.05) is 19.2 Å². The lowest BCUT2D eigenvalue weighted by atomic mass is 9.67. The molecule has 1 aromatic heterocycles. The molecule has 2 heterocycles. The van der Waals surface area contributed by atoms with Crippen molar-refractivity contribution in [2.45, 2.75) is 45.1 Å². The van der Waals surface area contributed by atoms with Crippen LogP contribution in [0.2, 0.25) is 0 Å². The van der Waals surface area contributed by atoms with Crippen molar-refractivity contribution in [3.8, 4) is 5.75 Å². The van der Waals surface area contributed by atoms with Gasteiger partial charge in [-0.05, 0) is 72.7 Å². The molecule has 8 heteroatoms. The Hall–Kier alpha value is -3.36. The molecule has 0 saturated carbocycles. The number of aliphatic hydroxyl groups is 2. The molecule has 0 bridgehead atoms. The van der Waals surface area contributed by atoms with Crippen molar-refractivity contribution in [1.29, 1.82) is 0 Å². The molecular weight excluding hydrogens is 475 g/mol. The zero-order valence-electron chi connectivity index (χ0n) is 21.1. The quantitative estimate of drug-likeness (QED) is 0.350. The predicted molar refractivity (Wildman–Crippen MR) is 137 cm³/mol. The number of halogens is 1. The molecule has 196 valence electrons. The fourth-order valence-corrected chi connectivity index (χ4v) is 5.74. The van der Waals surface area contributed by atoms with Crippen LogP contribution in [0, 0.1) is 23.6 Å². The lowest BCUT2D eigenvalue weighted by Gasteiger charge is -2.36. The Labute approximate surface area is 216 Å². The Morgan fingerprint density at radius 3 is 2.68 bits per heavy atom. The summed E-state index contributed by atoms with van der Waals surface area (Å²) in [6.07, 6.45) is 5.07. The van der Waals surface area contributed by atoms with Gasteiger partial charge in [0.25, 0.3) is 0 Å². The highest BCUT2D eigenvalue weighted by atomic mass is 19.1. The van der Waals surface area contributed by atoms with E-state index in [-0.39, 0.29) is 24.8 Å². The molecule has 1 fully saturated rings. The van der Waals surface area contributed by atoms with Gasteiger partial charge in [-0.25, -0.2) is 4.39 Å². The fourth-order valence-electron chi connectivity index (χ4n) is 5.74. The smallest absolute Gasteiger partial charge is 0.233 e. The van der Waals surface area contributed by atoms with Crippen LogP contribution >= 0.6 is 0 Å². The number of rotatable bonds is 9. The van der Waals surface area contributed by atoms with Crippen molar-refractivity contribution in [2.75, 3.05) is 13.7 Å². The number of amides is 2. The SMILES string of the molecule is CCCC1=C([C@H](O)CC/C(=C/c2ccc(O)c(F)c2)c2ccccn2)[C@H](CO)[C@@H]2C(=O)N(C)C(=O)[C@@H]2C1. The topological polar surface area (TPSA) is 111 Å². The minimum atomic E-state index is -0.933. The highest BCUT2D eigenvalue weighted by molar-refractivity contribution is 6.05. The van der Waals surface area contributed by atoms with Crippen molar-refractivity contribution in [1.82, 2.24) is 9.88 Å². The Bertz CT molecular complexity index is 1230. The molecule has 37 heavy (non-hydrogen) atoms. The van der Waals surface area contributed by atoms with Gasteiger partial charge in [0.1, 0.15) is 0 Å². The summed E-state index contributed by atoms with van der Waals surface area (Å²) in [5.41, 5.74) is 3.59. The molecule has 3 N–H and O–H groups in total. The average molecular weight is 509 g/mol. The third kappa shape index (κ3) is 5.36. The molecule has 1 aliphatic heterocycles. The van der Waals surface area contributed by atoms with E-state index in [0.717, 1.165) is 22.5 Å². The number of likely N-dealkylation sites (tertiary alicyclic amines) is 1. The minimum Gasteiger partial charge on any atom is -0.505 e. The monoisotopic (exact) mass is 508 g/mol. The maximum atomic E-state index is 14.0. The molecule has 4 atom stereocenters. The summed E-state index contributed by atoms with van der Waals surface area (Å²) in [5, 5.41) is 31.3. The molecule has 4 rings (SSSR count). The summed E-state index contributed by atoms with van der Waals surface area (Å²) in [6, 6.07) is 9.58. The van der Waals surface area contributed by atoms with E-state index in [4.69, 9.17) is 0 Å². The van der Waals surface area contributed by atoms with E-state index < -0.39 is 35.4 Å². The zero-order chi connectivity index (χ0) is 26.7. The van der Waals surface area contributed by atoms with Gasteiger partial charge in [-0.1, -0.05) is 31.1 Å². The van der Waals surface area contributed by atoms with Crippen LogP contribution in [0.25, 0.3) is 11.6 Å². The number of nitrogens with zero attached hydrogens (tertiary/aromatic N) is 2. The summed E-state index contributed by atoms with van der Waals surface area (Å²) in [6.45, 7) is 1.69. The highest BCUT2D eigenvalue weighted by Gasteiger charge is 2.53. The number of phenolic OH excluding ortho intramolecular Hbond substituents is 1. The number of imide groups is 1. The predicted octanol–water partition coefficient (Wildman–Crippen LogP) is 3.95. The molecule has 7 nitrogen and oxygen atoms in total. The van der Waals surface area contributed by atoms with E-state index in [1.54, 1.807) is 24.4 Å². The Morgan fingerprint density at radius 1 is 1.24 bits per heavy atom. The second-order valence-electron chi connectivity index (χ2n) is 9.82. The molecule has 0 unspecified atom stereocenters. The molecule has 1 aromatic carbocycles. The van der Waals surface area contributed by atoms with Crippen LogP contribution in [0.3, 0.4) is 0 Å². The largest absolute Gasteiger partial charge is 0.505 e. The van der Waals surface area contributed by atoms with Gasteiger partial charge in [-0.3, -0.25) is 19.5 Å². The van der Waals surface area contributed by atoms with Gasteiger partial charge in [0.05, 0.1) is 30.2 Å². The van der Waals surface area contributed by atoms with E-state index in [2.05, 4.69) is 4.98 Å². The minimum absolute atomic E-state index is 0.225. The van der Waals surface area contributed by atoms with E-state index in [1.165, 1.54) is 19.2 Å². The first-order valence-electron chi connectivity index (χ1n) is 12.7. The van der Waals surface area contributed by atoms with Gasteiger partial charge in [0.15, 0.2) is 11.6 Å². The Morgan fingerprint density at radius 2 is 2.03 bits per heavy atom. The number of hydrogen-bond acceptors (Lipinski definition) is 6. The molecule has 2 aromatic rings. The Kier molecular flexibility index (Phi) is 8.19. The van der Waals surface area contributed by atoms with Gasteiger partial charge < -0.3 is 15.3 Å². The summed E-state index contributed by atoms with van der Waals surface area (Å²) < 4.78 is 14.0. The second kappa shape index (κ2) is 11.4. The van der Waals surface area contributed by atoms with Crippen LogP contribution in [0.5, 0.6) is 5.75 Å². The lowest BCUT2D eigenvalue weighted by molar-refractivity contribution is -0.138. The third-order valence-electron chi connectivity index (χ3n) is 7.51. The van der Waals surface area contributed by atoms with Crippen molar-refractivity contribution in [3.05, 3.63) is 70.8 Å². The summed E-state index contributed by atoms with van der Waals surface area (Å²) in [5.74, 6) is -3.48. The Balaban J connectivity index is 1.65. The number of phenols is 1. The first-order valence-corrected chi connectivity index (χ1v) is 12.7. The van der Waals surface area contributed by atoms with Crippen LogP contribution in [0.1, 0.15) is 50.3 Å². The van der Waals surface area contributed by atoms with E-state index >= 15 is 0 Å². The fraction of sp³-hybridized carbons (Fsp3) is 0.414. The number of allylic oxidation sites excluding steroid dienone is 2. The number of benzene rings is 1. The molecule has 1 saturated heterocycles. The van der Waals surface area contributed by atoms with Crippen LogP contribution in [-0.4, -0.2) is 56.8 Å². The van der Waals surface area contributed by atoms with Crippen LogP contribution in [0.15, 0.2) is 53.7 Å². The molecule has 0 radical (unpaired) electrons. The normalized spacial score (nSPS) is 23.0. The number of aromatic hydroxyl groups is 1.